The van der Waals surface area contributed by atoms with Gasteiger partial charge >= 0.3 is 0 Å². The van der Waals surface area contributed by atoms with Gasteiger partial charge in [0.1, 0.15) is 29.2 Å². The van der Waals surface area contributed by atoms with E-state index in [1.54, 1.807) is 4.90 Å². The number of nitrogens with zero attached hydrogens (tertiary/aromatic N) is 2. The predicted octanol–water partition coefficient (Wildman–Crippen LogP) is 8.32. The normalized spacial score (nSPS) is 16.2. The number of carbonyl (C=O) groups is 2. The van der Waals surface area contributed by atoms with E-state index in [0.717, 1.165) is 69.2 Å². The molecular formula is C44H46N2O2P+. The zero-order valence-electron chi connectivity index (χ0n) is 28.2. The summed E-state index contributed by atoms with van der Waals surface area (Å²) in [6.07, 6.45) is 7.75. The zero-order chi connectivity index (χ0) is 33.5. The largest absolute Gasteiger partial charge is 0.288 e. The van der Waals surface area contributed by atoms with Crippen molar-refractivity contribution in [2.24, 2.45) is 0 Å². The number of rotatable bonds is 10. The third-order valence-corrected chi connectivity index (χ3v) is 14.9. The van der Waals surface area contributed by atoms with Crippen LogP contribution in [-0.2, 0) is 11.0 Å². The van der Waals surface area contributed by atoms with Gasteiger partial charge in [0.2, 0.25) is 0 Å². The standard InChI is InChI=1S/C44H46N2O2P/c47-43(46(37-23-8-2-9-24-37)44(48)42(45-32-18-19-33-45)35-20-6-1-7-21-35)41-31-17-16-22-36(41)34-49(38-25-10-3-11-26-38,39-27-12-4-13-28-39)40-29-14-5-15-30-40/h1,3-7,10-17,20-22,25-31,37,42H,2,8-9,18-19,23-24,32-34H2/q+1. The van der Waals surface area contributed by atoms with Crippen molar-refractivity contribution in [2.75, 3.05) is 13.1 Å². The number of hydrogen-bond acceptors (Lipinski definition) is 3. The summed E-state index contributed by atoms with van der Waals surface area (Å²) < 4.78 is 0. The van der Waals surface area contributed by atoms with Crippen LogP contribution in [0.25, 0.3) is 0 Å². The molecule has 7 rings (SSSR count). The van der Waals surface area contributed by atoms with Crippen LogP contribution in [-0.4, -0.2) is 40.7 Å². The van der Waals surface area contributed by atoms with Crippen LogP contribution in [0.15, 0.2) is 146 Å². The monoisotopic (exact) mass is 665 g/mol. The molecule has 2 aliphatic rings. The summed E-state index contributed by atoms with van der Waals surface area (Å²) in [7, 11) is -2.28. The minimum absolute atomic E-state index is 0.0740. The van der Waals surface area contributed by atoms with Gasteiger partial charge in [-0.05, 0) is 86.8 Å². The molecule has 1 heterocycles. The number of amides is 2. The third-order valence-electron chi connectivity index (χ3n) is 10.5. The van der Waals surface area contributed by atoms with Crippen molar-refractivity contribution >= 4 is 35.0 Å². The highest BCUT2D eigenvalue weighted by Crippen LogP contribution is 2.58. The maximum absolute atomic E-state index is 15.3. The van der Waals surface area contributed by atoms with E-state index in [1.165, 1.54) is 15.9 Å². The van der Waals surface area contributed by atoms with E-state index in [-0.39, 0.29) is 17.9 Å². The Bertz CT molecular complexity index is 1720. The molecule has 4 nitrogen and oxygen atoms in total. The van der Waals surface area contributed by atoms with Crippen LogP contribution in [0.2, 0.25) is 0 Å². The molecule has 248 valence electrons. The fourth-order valence-electron chi connectivity index (χ4n) is 8.08. The van der Waals surface area contributed by atoms with Crippen molar-refractivity contribution in [3.8, 4) is 0 Å². The third kappa shape index (κ3) is 6.91. The van der Waals surface area contributed by atoms with Crippen LogP contribution in [0.3, 0.4) is 0 Å². The summed E-state index contributed by atoms with van der Waals surface area (Å²) in [5, 5.41) is 3.81. The number of hydrogen-bond donors (Lipinski definition) is 0. The van der Waals surface area contributed by atoms with Gasteiger partial charge in [-0.1, -0.05) is 122 Å². The summed E-state index contributed by atoms with van der Waals surface area (Å²) in [5.41, 5.74) is 2.60. The molecule has 1 saturated heterocycles. The molecule has 1 aliphatic carbocycles. The van der Waals surface area contributed by atoms with Crippen molar-refractivity contribution in [3.05, 3.63) is 162 Å². The van der Waals surface area contributed by atoms with Crippen LogP contribution in [0.1, 0.15) is 72.5 Å². The molecule has 49 heavy (non-hydrogen) atoms. The lowest BCUT2D eigenvalue weighted by Crippen LogP contribution is -2.50. The van der Waals surface area contributed by atoms with Crippen molar-refractivity contribution in [2.45, 2.75) is 63.2 Å². The molecule has 0 N–H and O–H groups in total. The van der Waals surface area contributed by atoms with Crippen LogP contribution in [0.5, 0.6) is 0 Å². The van der Waals surface area contributed by atoms with Gasteiger partial charge in [-0.2, -0.15) is 0 Å². The minimum Gasteiger partial charge on any atom is -0.288 e. The highest BCUT2D eigenvalue weighted by Gasteiger charge is 2.47. The first-order valence-corrected chi connectivity index (χ1v) is 19.9. The van der Waals surface area contributed by atoms with Gasteiger partial charge in [0.05, 0.1) is 6.16 Å². The molecule has 0 radical (unpaired) electrons. The summed E-state index contributed by atoms with van der Waals surface area (Å²) >= 11 is 0. The molecule has 1 unspecified atom stereocenters. The van der Waals surface area contributed by atoms with Gasteiger partial charge in [0.25, 0.3) is 11.8 Å². The first-order valence-electron chi connectivity index (χ1n) is 18.0. The molecule has 5 aromatic carbocycles. The lowest BCUT2D eigenvalue weighted by Gasteiger charge is -2.38. The average Bonchev–Trinajstić information content (AvgIpc) is 3.71. The van der Waals surface area contributed by atoms with E-state index in [1.807, 2.05) is 36.4 Å². The SMILES string of the molecule is O=C(c1ccccc1C[P+](c1ccccc1)(c1ccccc1)c1ccccc1)N(C(=O)C(c1ccccc1)N1CCCC1)C1CCCCC1. The van der Waals surface area contributed by atoms with Crippen LogP contribution >= 0.6 is 7.26 Å². The van der Waals surface area contributed by atoms with Crippen molar-refractivity contribution in [1.29, 1.82) is 0 Å². The lowest BCUT2D eigenvalue weighted by atomic mass is 9.92. The maximum Gasteiger partial charge on any atom is 0.261 e. The van der Waals surface area contributed by atoms with Crippen molar-refractivity contribution in [1.82, 2.24) is 9.80 Å². The Balaban J connectivity index is 1.35. The van der Waals surface area contributed by atoms with Gasteiger partial charge in [-0.15, -0.1) is 0 Å². The molecule has 2 fully saturated rings. The fourth-order valence-corrected chi connectivity index (χ4v) is 12.4. The Morgan fingerprint density at radius 2 is 1.06 bits per heavy atom. The quantitative estimate of drug-likeness (QED) is 0.141. The summed E-state index contributed by atoms with van der Waals surface area (Å²) in [6.45, 7) is 1.74. The summed E-state index contributed by atoms with van der Waals surface area (Å²) in [6, 6.07) is 50.1. The van der Waals surface area contributed by atoms with E-state index >= 15 is 9.59 Å². The van der Waals surface area contributed by atoms with Crippen LogP contribution in [0.4, 0.5) is 0 Å². The molecule has 0 bridgehead atoms. The van der Waals surface area contributed by atoms with Gasteiger partial charge < -0.3 is 0 Å². The zero-order valence-corrected chi connectivity index (χ0v) is 29.1. The Hall–Kier alpha value is -4.37. The molecule has 5 aromatic rings. The molecule has 1 atom stereocenters. The molecule has 0 spiro atoms. The topological polar surface area (TPSA) is 40.6 Å². The molecule has 2 amide bonds. The van der Waals surface area contributed by atoms with Gasteiger partial charge in [0, 0.05) is 17.2 Å². The Morgan fingerprint density at radius 3 is 1.59 bits per heavy atom. The van der Waals surface area contributed by atoms with E-state index in [4.69, 9.17) is 0 Å². The Kier molecular flexibility index (Phi) is 10.5. The van der Waals surface area contributed by atoms with E-state index in [0.29, 0.717) is 11.7 Å². The highest BCUT2D eigenvalue weighted by atomic mass is 31.2. The summed E-state index contributed by atoms with van der Waals surface area (Å²) in [5.74, 6) is -0.227. The fraction of sp³-hybridized carbons (Fsp3) is 0.273. The number of carbonyl (C=O) groups excluding carboxylic acids is 2. The first-order chi connectivity index (χ1) is 24.2. The van der Waals surface area contributed by atoms with Gasteiger partial charge in [0.15, 0.2) is 0 Å². The molecule has 1 aliphatic heterocycles. The van der Waals surface area contributed by atoms with Crippen LogP contribution in [0, 0.1) is 0 Å². The Labute approximate surface area is 292 Å². The minimum atomic E-state index is -2.28. The molecular weight excluding hydrogens is 619 g/mol. The lowest BCUT2D eigenvalue weighted by molar-refractivity contribution is -0.136. The smallest absolute Gasteiger partial charge is 0.261 e. The molecule has 0 aromatic heterocycles. The second-order valence-corrected chi connectivity index (χ2v) is 17.0. The second-order valence-electron chi connectivity index (χ2n) is 13.5. The van der Waals surface area contributed by atoms with E-state index < -0.39 is 13.3 Å². The number of likely N-dealkylation sites (tertiary alicyclic amines) is 1. The number of benzene rings is 5. The Morgan fingerprint density at radius 1 is 0.592 bits per heavy atom. The van der Waals surface area contributed by atoms with Crippen LogP contribution < -0.4 is 15.9 Å². The predicted molar refractivity (Wildman–Crippen MR) is 203 cm³/mol. The molecule has 5 heteroatoms. The number of imide groups is 1. The van der Waals surface area contributed by atoms with Gasteiger partial charge in [-0.25, -0.2) is 0 Å². The van der Waals surface area contributed by atoms with E-state index in [2.05, 4.69) is 114 Å². The van der Waals surface area contributed by atoms with Gasteiger partial charge in [-0.3, -0.25) is 19.4 Å². The first kappa shape index (κ1) is 33.1. The average molecular weight is 666 g/mol. The van der Waals surface area contributed by atoms with Crippen molar-refractivity contribution in [3.63, 3.8) is 0 Å². The second kappa shape index (κ2) is 15.5. The maximum atomic E-state index is 15.3. The molecule has 1 saturated carbocycles. The van der Waals surface area contributed by atoms with E-state index in [9.17, 15) is 0 Å². The highest BCUT2D eigenvalue weighted by molar-refractivity contribution is 7.95. The van der Waals surface area contributed by atoms with Crippen molar-refractivity contribution < 1.29 is 9.59 Å². The summed E-state index contributed by atoms with van der Waals surface area (Å²) in [4.78, 5) is 34.3.